The third-order valence-electron chi connectivity index (χ3n) is 7.81. The van der Waals surface area contributed by atoms with Crippen LogP contribution in [0.2, 0.25) is 0 Å². The molecule has 0 saturated carbocycles. The summed E-state index contributed by atoms with van der Waals surface area (Å²) in [6.45, 7) is 6.16. The average molecular weight is 523 g/mol. The molecular weight excluding hydrogens is 492 g/mol. The van der Waals surface area contributed by atoms with E-state index in [4.69, 9.17) is 19.8 Å². The summed E-state index contributed by atoms with van der Waals surface area (Å²) in [5.41, 5.74) is 4.43. The van der Waals surface area contributed by atoms with Crippen LogP contribution in [-0.2, 0) is 4.74 Å². The molecule has 1 N–H and O–H groups in total. The lowest BCUT2D eigenvalue weighted by Gasteiger charge is -2.32. The molecule has 10 nitrogen and oxygen atoms in total. The summed E-state index contributed by atoms with van der Waals surface area (Å²) in [6, 6.07) is 12.2. The molecule has 1 amide bonds. The lowest BCUT2D eigenvalue weighted by Crippen LogP contribution is -2.39. The van der Waals surface area contributed by atoms with E-state index in [9.17, 15) is 4.79 Å². The van der Waals surface area contributed by atoms with E-state index in [0.717, 1.165) is 64.9 Å². The highest BCUT2D eigenvalue weighted by Gasteiger charge is 2.28. The van der Waals surface area contributed by atoms with Crippen LogP contribution < -0.4 is 4.90 Å². The van der Waals surface area contributed by atoms with E-state index in [1.54, 1.807) is 6.20 Å². The third-order valence-corrected chi connectivity index (χ3v) is 7.81. The number of rotatable bonds is 4. The maximum absolute atomic E-state index is 13.0. The first-order chi connectivity index (χ1) is 19.1. The number of nitrogens with zero attached hydrogens (tertiary/aromatic N) is 7. The standard InChI is InChI=1S/C29H30N8O2/c1-19-2-3-22(17-31-19)29(38)36-10-7-23(8-11-36)37-28-24(18-32-37)27(35-12-14-39-15-13-35)33-26(34-28)21-4-5-25-20(16-21)6-9-30-25/h2-6,9,16-18,23,30H,7-8,10-15H2,1H3. The Bertz CT molecular complexity index is 1640. The Kier molecular flexibility index (Phi) is 5.96. The van der Waals surface area contributed by atoms with Crippen molar-refractivity contribution >= 4 is 33.7 Å². The molecule has 0 atom stereocenters. The third kappa shape index (κ3) is 4.40. The zero-order valence-electron chi connectivity index (χ0n) is 21.9. The summed E-state index contributed by atoms with van der Waals surface area (Å²) in [7, 11) is 0. The monoisotopic (exact) mass is 522 g/mol. The minimum Gasteiger partial charge on any atom is -0.378 e. The molecule has 0 radical (unpaired) electrons. The van der Waals surface area contributed by atoms with E-state index >= 15 is 0 Å². The van der Waals surface area contributed by atoms with E-state index in [2.05, 4.69) is 43.8 Å². The number of pyridine rings is 1. The van der Waals surface area contributed by atoms with Crippen molar-refractivity contribution < 1.29 is 9.53 Å². The lowest BCUT2D eigenvalue weighted by atomic mass is 10.0. The van der Waals surface area contributed by atoms with Gasteiger partial charge in [0, 0.05) is 60.7 Å². The predicted octanol–water partition coefficient (Wildman–Crippen LogP) is 3.99. The highest BCUT2D eigenvalue weighted by atomic mass is 16.5. The first-order valence-corrected chi connectivity index (χ1v) is 13.5. The molecular formula is C29H30N8O2. The Morgan fingerprint density at radius 3 is 2.64 bits per heavy atom. The zero-order chi connectivity index (χ0) is 26.3. The van der Waals surface area contributed by atoms with E-state index in [0.29, 0.717) is 37.7 Å². The molecule has 6 heterocycles. The van der Waals surface area contributed by atoms with E-state index in [1.165, 1.54) is 0 Å². The van der Waals surface area contributed by atoms with Crippen LogP contribution in [0, 0.1) is 6.92 Å². The van der Waals surface area contributed by atoms with Gasteiger partial charge in [-0.3, -0.25) is 9.78 Å². The normalized spacial score (nSPS) is 16.8. The van der Waals surface area contributed by atoms with Gasteiger partial charge in [0.15, 0.2) is 11.5 Å². The number of H-pyrrole nitrogens is 1. The largest absolute Gasteiger partial charge is 0.378 e. The molecule has 198 valence electrons. The van der Waals surface area contributed by atoms with Gasteiger partial charge in [-0.15, -0.1) is 0 Å². The Labute approximate surface area is 225 Å². The summed E-state index contributed by atoms with van der Waals surface area (Å²) in [6.07, 6.45) is 7.13. The van der Waals surface area contributed by atoms with E-state index in [1.807, 2.05) is 36.4 Å². The fourth-order valence-corrected chi connectivity index (χ4v) is 5.61. The zero-order valence-corrected chi connectivity index (χ0v) is 21.9. The van der Waals surface area contributed by atoms with Crippen LogP contribution in [0.4, 0.5) is 5.82 Å². The average Bonchev–Trinajstić information content (AvgIpc) is 3.64. The SMILES string of the molecule is Cc1ccc(C(=O)N2CCC(n3ncc4c(N5CCOCC5)nc(-c5ccc6[nH]ccc6c5)nc43)CC2)cn1. The lowest BCUT2D eigenvalue weighted by molar-refractivity contribution is 0.0691. The Hall–Kier alpha value is -4.31. The quantitative estimate of drug-likeness (QED) is 0.380. The van der Waals surface area contributed by atoms with Crippen LogP contribution in [0.3, 0.4) is 0 Å². The van der Waals surface area contributed by atoms with Gasteiger partial charge in [-0.05, 0) is 56.2 Å². The molecule has 0 aliphatic carbocycles. The van der Waals surface area contributed by atoms with Crippen molar-refractivity contribution in [2.75, 3.05) is 44.3 Å². The van der Waals surface area contributed by atoms with E-state index in [-0.39, 0.29) is 11.9 Å². The number of likely N-dealkylation sites (tertiary alicyclic amines) is 1. The smallest absolute Gasteiger partial charge is 0.255 e. The number of ether oxygens (including phenoxy) is 1. The molecule has 5 aromatic rings. The van der Waals surface area contributed by atoms with Crippen molar-refractivity contribution in [2.45, 2.75) is 25.8 Å². The summed E-state index contributed by atoms with van der Waals surface area (Å²) in [5, 5.41) is 6.90. The van der Waals surface area contributed by atoms with Crippen LogP contribution >= 0.6 is 0 Å². The number of benzene rings is 1. The summed E-state index contributed by atoms with van der Waals surface area (Å²) >= 11 is 0. The van der Waals surface area contributed by atoms with Crippen molar-refractivity contribution in [3.05, 3.63) is 66.2 Å². The number of carbonyl (C=O) groups excluding carboxylic acids is 1. The van der Waals surface area contributed by atoms with E-state index < -0.39 is 0 Å². The first-order valence-electron chi connectivity index (χ1n) is 13.5. The number of carbonyl (C=O) groups is 1. The number of anilines is 1. The number of amides is 1. The molecule has 7 rings (SSSR count). The second kappa shape index (κ2) is 9.77. The molecule has 2 saturated heterocycles. The minimum absolute atomic E-state index is 0.0330. The molecule has 2 aliphatic rings. The van der Waals surface area contributed by atoms with Gasteiger partial charge in [0.2, 0.25) is 0 Å². The molecule has 2 aliphatic heterocycles. The number of nitrogens with one attached hydrogen (secondary N) is 1. The minimum atomic E-state index is 0.0330. The van der Waals surface area contributed by atoms with Gasteiger partial charge in [0.25, 0.3) is 5.91 Å². The predicted molar refractivity (Wildman–Crippen MR) is 149 cm³/mol. The van der Waals surface area contributed by atoms with Gasteiger partial charge in [0.1, 0.15) is 5.82 Å². The fraction of sp³-hybridized carbons (Fsp3) is 0.345. The Morgan fingerprint density at radius 2 is 1.85 bits per heavy atom. The van der Waals surface area contributed by atoms with Gasteiger partial charge in [-0.2, -0.15) is 5.10 Å². The van der Waals surface area contributed by atoms with Crippen LogP contribution in [0.1, 0.15) is 34.9 Å². The molecule has 1 aromatic carbocycles. The molecule has 39 heavy (non-hydrogen) atoms. The summed E-state index contributed by atoms with van der Waals surface area (Å²) in [4.78, 5) is 34.9. The van der Waals surface area contributed by atoms with Gasteiger partial charge >= 0.3 is 0 Å². The second-order valence-corrected chi connectivity index (χ2v) is 10.3. The van der Waals surface area contributed by atoms with Gasteiger partial charge in [0.05, 0.1) is 36.4 Å². The van der Waals surface area contributed by atoms with Crippen LogP contribution in [0.15, 0.2) is 55.0 Å². The molecule has 0 bridgehead atoms. The van der Waals surface area contributed by atoms with Crippen LogP contribution in [0.25, 0.3) is 33.3 Å². The molecule has 2 fully saturated rings. The van der Waals surface area contributed by atoms with Crippen molar-refractivity contribution in [3.8, 4) is 11.4 Å². The van der Waals surface area contributed by atoms with Crippen molar-refractivity contribution in [3.63, 3.8) is 0 Å². The molecule has 0 spiro atoms. The molecule has 4 aromatic heterocycles. The van der Waals surface area contributed by atoms with Gasteiger partial charge in [-0.1, -0.05) is 0 Å². The Morgan fingerprint density at radius 1 is 1.00 bits per heavy atom. The maximum Gasteiger partial charge on any atom is 0.255 e. The highest BCUT2D eigenvalue weighted by Crippen LogP contribution is 2.33. The van der Waals surface area contributed by atoms with Crippen LogP contribution in [0.5, 0.6) is 0 Å². The number of hydrogen-bond acceptors (Lipinski definition) is 7. The fourth-order valence-electron chi connectivity index (χ4n) is 5.61. The number of hydrogen-bond donors (Lipinski definition) is 1. The van der Waals surface area contributed by atoms with Crippen molar-refractivity contribution in [1.29, 1.82) is 0 Å². The topological polar surface area (TPSA) is 105 Å². The highest BCUT2D eigenvalue weighted by molar-refractivity contribution is 5.94. The number of aromatic nitrogens is 6. The second-order valence-electron chi connectivity index (χ2n) is 10.3. The maximum atomic E-state index is 13.0. The number of morpholine rings is 1. The molecule has 10 heteroatoms. The van der Waals surface area contributed by atoms with Crippen molar-refractivity contribution in [2.24, 2.45) is 0 Å². The number of piperidine rings is 1. The number of aryl methyl sites for hydroxylation is 1. The summed E-state index contributed by atoms with van der Waals surface area (Å²) in [5.74, 6) is 1.62. The molecule has 0 unspecified atom stereocenters. The van der Waals surface area contributed by atoms with Crippen LogP contribution in [-0.4, -0.2) is 79.9 Å². The van der Waals surface area contributed by atoms with Crippen molar-refractivity contribution in [1.82, 2.24) is 34.6 Å². The number of fused-ring (bicyclic) bond motifs is 2. The summed E-state index contributed by atoms with van der Waals surface area (Å²) < 4.78 is 7.66. The Balaban J connectivity index is 1.22. The van der Waals surface area contributed by atoms with Gasteiger partial charge in [-0.25, -0.2) is 14.6 Å². The first kappa shape index (κ1) is 23.8. The van der Waals surface area contributed by atoms with Gasteiger partial charge < -0.3 is 19.5 Å². The number of aromatic amines is 1.